The van der Waals surface area contributed by atoms with Gasteiger partial charge in [0.15, 0.2) is 12.6 Å². The molecule has 7 aliphatic rings. The smallest absolute Gasteiger partial charge is 0.152 e. The van der Waals surface area contributed by atoms with Crippen molar-refractivity contribution in [2.45, 2.75) is 101 Å². The highest BCUT2D eigenvalue weighted by atomic mass is 15.7. The Morgan fingerprint density at radius 1 is 0.409 bits per heavy atom. The van der Waals surface area contributed by atoms with Crippen LogP contribution in [0, 0.1) is 23.7 Å². The number of nitrogens with one attached hydrogen (secondary N) is 10. The minimum Gasteiger partial charge on any atom is -0.286 e. The molecule has 2 aromatic rings. The van der Waals surface area contributed by atoms with Gasteiger partial charge in [-0.15, -0.1) is 0 Å². The fraction of sp³-hybridized carbons (Fsp3) is 0.625. The molecule has 0 aromatic heterocycles. The van der Waals surface area contributed by atoms with Crippen molar-refractivity contribution in [1.29, 1.82) is 0 Å². The van der Waals surface area contributed by atoms with E-state index < -0.39 is 0 Å². The van der Waals surface area contributed by atoms with Crippen molar-refractivity contribution in [1.82, 2.24) is 53.4 Å². The Labute approximate surface area is 260 Å². The van der Waals surface area contributed by atoms with E-state index in [4.69, 9.17) is 0 Å². The highest BCUT2D eigenvalue weighted by Crippen LogP contribution is 2.40. The Morgan fingerprint density at radius 3 is 1.16 bits per heavy atom. The summed E-state index contributed by atoms with van der Waals surface area (Å²) in [6.45, 7) is 0. The third-order valence-electron chi connectivity index (χ3n) is 11.3. The summed E-state index contributed by atoms with van der Waals surface area (Å²) in [6, 6.07) is 21.4. The lowest BCUT2D eigenvalue weighted by molar-refractivity contribution is 0.192. The summed E-state index contributed by atoms with van der Waals surface area (Å²) in [6.07, 6.45) is 10.6. The van der Waals surface area contributed by atoms with Gasteiger partial charge in [-0.3, -0.25) is 52.6 Å². The first-order valence-corrected chi connectivity index (χ1v) is 17.1. The van der Waals surface area contributed by atoms with Crippen LogP contribution in [0.15, 0.2) is 60.7 Å². The predicted molar refractivity (Wildman–Crippen MR) is 170 cm³/mol. The number of anilines is 2. The Hall–Kier alpha value is -2.36. The maximum atomic E-state index is 4.02. The number of nitrogens with zero attached hydrogens (tertiary/aromatic N) is 2. The van der Waals surface area contributed by atoms with Crippen LogP contribution in [-0.4, -0.2) is 49.8 Å². The summed E-state index contributed by atoms with van der Waals surface area (Å²) in [4.78, 5) is 0. The highest BCUT2D eigenvalue weighted by Gasteiger charge is 2.50. The second-order valence-corrected chi connectivity index (χ2v) is 13.8. The standard InChI is InChI=1S/C32H48N12/c1-3-11-19(12-4-1)43-31-37-27-23-17-9-7-15-21(23)26(33-27)36-30-40-32(44(42-30)20-13-5-2-6-14-20)38-28-24-18-10-8-16-22(24)25(34-28)35-29(39-31)41-43/h1-6,11-14,21-42H,7-10,15-18H2. The summed E-state index contributed by atoms with van der Waals surface area (Å²) in [5, 5.41) is 36.3. The lowest BCUT2D eigenvalue weighted by atomic mass is 9.79. The zero-order chi connectivity index (χ0) is 29.0. The molecule has 10 N–H and O–H groups in total. The average molecular weight is 601 g/mol. The van der Waals surface area contributed by atoms with Crippen molar-refractivity contribution in [3.8, 4) is 0 Å². The normalized spacial score (nSPS) is 43.5. The van der Waals surface area contributed by atoms with Gasteiger partial charge in [-0.25, -0.2) is 10.9 Å². The summed E-state index contributed by atoms with van der Waals surface area (Å²) >= 11 is 0. The second kappa shape index (κ2) is 11.8. The summed E-state index contributed by atoms with van der Waals surface area (Å²) in [5.41, 5.74) is 9.85. The van der Waals surface area contributed by atoms with Gasteiger partial charge in [-0.2, -0.15) is 0 Å². The van der Waals surface area contributed by atoms with Gasteiger partial charge in [-0.05, 0) is 73.6 Å². The van der Waals surface area contributed by atoms with Crippen LogP contribution in [0.3, 0.4) is 0 Å². The first-order valence-electron chi connectivity index (χ1n) is 17.1. The number of hydrazine groups is 2. The van der Waals surface area contributed by atoms with Crippen molar-refractivity contribution < 1.29 is 0 Å². The van der Waals surface area contributed by atoms with Crippen LogP contribution in [0.2, 0.25) is 0 Å². The molecule has 12 heteroatoms. The van der Waals surface area contributed by atoms with Gasteiger partial charge >= 0.3 is 0 Å². The lowest BCUT2D eigenvalue weighted by Gasteiger charge is -2.33. The number of rotatable bonds is 2. The van der Waals surface area contributed by atoms with E-state index in [0.29, 0.717) is 23.7 Å². The van der Waals surface area contributed by atoms with E-state index in [0.717, 1.165) is 11.4 Å². The number of hydrogen-bond acceptors (Lipinski definition) is 12. The maximum Gasteiger partial charge on any atom is 0.152 e. The third-order valence-corrected chi connectivity index (χ3v) is 11.3. The van der Waals surface area contributed by atoms with Crippen molar-refractivity contribution >= 4 is 11.4 Å². The van der Waals surface area contributed by atoms with Crippen molar-refractivity contribution in [3.05, 3.63) is 60.7 Å². The maximum absolute atomic E-state index is 4.02. The highest BCUT2D eigenvalue weighted by molar-refractivity contribution is 5.47. The van der Waals surface area contributed by atoms with Crippen LogP contribution >= 0.6 is 0 Å². The molecule has 2 aromatic carbocycles. The van der Waals surface area contributed by atoms with Crippen molar-refractivity contribution in [2.24, 2.45) is 23.7 Å². The first-order chi connectivity index (χ1) is 21.8. The molecule has 2 saturated carbocycles. The van der Waals surface area contributed by atoms with Crippen LogP contribution in [0.1, 0.15) is 51.4 Å². The van der Waals surface area contributed by atoms with E-state index in [1.807, 2.05) is 0 Å². The molecule has 5 heterocycles. The summed E-state index contributed by atoms with van der Waals surface area (Å²) in [5.74, 6) is 2.24. The Kier molecular flexibility index (Phi) is 7.47. The van der Waals surface area contributed by atoms with E-state index in [-0.39, 0.29) is 49.8 Å². The molecule has 12 unspecified atom stereocenters. The predicted octanol–water partition coefficient (Wildman–Crippen LogP) is 0.845. The van der Waals surface area contributed by atoms with Crippen molar-refractivity contribution in [2.75, 3.05) is 10.0 Å². The largest absolute Gasteiger partial charge is 0.286 e. The molecule has 12 nitrogen and oxygen atoms in total. The summed E-state index contributed by atoms with van der Waals surface area (Å²) in [7, 11) is 0. The molecule has 12 atom stereocenters. The Bertz CT molecular complexity index is 1170. The number of fused-ring (bicyclic) bond motifs is 14. The van der Waals surface area contributed by atoms with Gasteiger partial charge < -0.3 is 0 Å². The zero-order valence-corrected chi connectivity index (χ0v) is 25.3. The fourth-order valence-electron chi connectivity index (χ4n) is 9.31. The number of benzene rings is 2. The van der Waals surface area contributed by atoms with Crippen LogP contribution in [0.5, 0.6) is 0 Å². The van der Waals surface area contributed by atoms with Crippen LogP contribution < -0.4 is 63.4 Å². The molecule has 44 heavy (non-hydrogen) atoms. The molecular weight excluding hydrogens is 552 g/mol. The SMILES string of the molecule is c1ccc(N2NC3NC4NC(NC5NC(NC6NC(NC2N3)C2CCCCC62)NN5c2ccccc2)C2CCCCC42)cc1. The molecule has 0 radical (unpaired) electrons. The minimum absolute atomic E-state index is 0.0696. The van der Waals surface area contributed by atoms with E-state index in [2.05, 4.69) is 124 Å². The average Bonchev–Trinajstić information content (AvgIpc) is 3.83. The molecule has 5 aliphatic heterocycles. The van der Waals surface area contributed by atoms with Crippen LogP contribution in [0.25, 0.3) is 0 Å². The zero-order valence-electron chi connectivity index (χ0n) is 25.3. The van der Waals surface area contributed by atoms with Gasteiger partial charge in [0.1, 0.15) is 12.6 Å². The molecule has 2 aliphatic carbocycles. The molecule has 0 amide bonds. The minimum atomic E-state index is -0.0756. The van der Waals surface area contributed by atoms with Gasteiger partial charge in [-0.1, -0.05) is 62.1 Å². The molecule has 8 bridgehead atoms. The fourth-order valence-corrected chi connectivity index (χ4v) is 9.31. The number of hydrogen-bond donors (Lipinski definition) is 10. The number of para-hydroxylation sites is 2. The van der Waals surface area contributed by atoms with Gasteiger partial charge in [0, 0.05) is 0 Å². The van der Waals surface area contributed by atoms with Gasteiger partial charge in [0.05, 0.1) is 36.0 Å². The molecule has 7 fully saturated rings. The topological polar surface area (TPSA) is 127 Å². The molecule has 5 saturated heterocycles. The molecule has 0 spiro atoms. The Morgan fingerprint density at radius 2 is 0.773 bits per heavy atom. The Balaban J connectivity index is 1.05. The summed E-state index contributed by atoms with van der Waals surface area (Å²) < 4.78 is 0. The van der Waals surface area contributed by atoms with Gasteiger partial charge in [0.2, 0.25) is 0 Å². The second-order valence-electron chi connectivity index (χ2n) is 13.8. The third kappa shape index (κ3) is 5.11. The van der Waals surface area contributed by atoms with Gasteiger partial charge in [0.25, 0.3) is 0 Å². The van der Waals surface area contributed by atoms with E-state index in [9.17, 15) is 0 Å². The van der Waals surface area contributed by atoms with Crippen molar-refractivity contribution in [3.63, 3.8) is 0 Å². The van der Waals surface area contributed by atoms with E-state index in [1.54, 1.807) is 0 Å². The molecule has 9 rings (SSSR count). The molecular formula is C32H48N12. The molecule has 236 valence electrons. The van der Waals surface area contributed by atoms with E-state index >= 15 is 0 Å². The van der Waals surface area contributed by atoms with Crippen LogP contribution in [0.4, 0.5) is 11.4 Å². The quantitative estimate of drug-likeness (QED) is 0.240. The monoisotopic (exact) mass is 600 g/mol. The van der Waals surface area contributed by atoms with Crippen LogP contribution in [-0.2, 0) is 0 Å². The lowest BCUT2D eigenvalue weighted by Crippen LogP contribution is -2.62. The first kappa shape index (κ1) is 27.9. The van der Waals surface area contributed by atoms with E-state index in [1.165, 1.54) is 51.4 Å².